The highest BCUT2D eigenvalue weighted by Crippen LogP contribution is 2.35. The number of carbonyl (C=O) groups is 1. The van der Waals surface area contributed by atoms with Gasteiger partial charge in [-0.2, -0.15) is 0 Å². The normalized spacial score (nSPS) is 15.6. The fourth-order valence-corrected chi connectivity index (χ4v) is 3.99. The second-order valence-electron chi connectivity index (χ2n) is 7.74. The van der Waals surface area contributed by atoms with Crippen molar-refractivity contribution in [2.45, 2.75) is 33.4 Å². The number of aromatic carboxylic acids is 1. The van der Waals surface area contributed by atoms with Gasteiger partial charge in [0.1, 0.15) is 24.2 Å². The third-order valence-corrected chi connectivity index (χ3v) is 5.53. The number of oxazole rings is 1. The number of carboxylic acid groups (broad SMARTS) is 1. The van der Waals surface area contributed by atoms with Crippen molar-refractivity contribution in [2.24, 2.45) is 0 Å². The number of likely N-dealkylation sites (N-methyl/N-ethyl adjacent to an activating group) is 1. The van der Waals surface area contributed by atoms with Crippen molar-refractivity contribution in [3.8, 4) is 17.1 Å². The number of ether oxygens (including phenoxy) is 1. The summed E-state index contributed by atoms with van der Waals surface area (Å²) in [6.07, 6.45) is 4.67. The van der Waals surface area contributed by atoms with E-state index in [0.29, 0.717) is 47.5 Å². The molecule has 5 heterocycles. The van der Waals surface area contributed by atoms with Crippen LogP contribution in [0.3, 0.4) is 0 Å². The number of pyridine rings is 2. The van der Waals surface area contributed by atoms with Gasteiger partial charge in [0, 0.05) is 31.4 Å². The molecule has 1 aliphatic rings. The first kappa shape index (κ1) is 20.0. The van der Waals surface area contributed by atoms with Gasteiger partial charge in [-0.15, -0.1) is 0 Å². The van der Waals surface area contributed by atoms with Crippen molar-refractivity contribution >= 4 is 23.0 Å². The SMILES string of the molecule is CCN1c2ncc(-c3nc4cc(C(=O)O)cnc4n3Cc3coc(C)n3)cc2OCC1C. The third kappa shape index (κ3) is 3.33. The van der Waals surface area contributed by atoms with Crippen LogP contribution >= 0.6 is 0 Å². The van der Waals surface area contributed by atoms with E-state index in [-0.39, 0.29) is 11.6 Å². The summed E-state index contributed by atoms with van der Waals surface area (Å²) in [7, 11) is 0. The van der Waals surface area contributed by atoms with Gasteiger partial charge >= 0.3 is 5.97 Å². The summed E-state index contributed by atoms with van der Waals surface area (Å²) >= 11 is 0. The molecule has 0 amide bonds. The lowest BCUT2D eigenvalue weighted by Gasteiger charge is -2.34. The number of fused-ring (bicyclic) bond motifs is 2. The Bertz CT molecular complexity index is 1330. The minimum absolute atomic E-state index is 0.0745. The molecule has 0 aliphatic carbocycles. The molecule has 0 bridgehead atoms. The molecule has 1 aliphatic heterocycles. The molecular weight excluding hydrogens is 412 g/mol. The zero-order valence-electron chi connectivity index (χ0n) is 17.9. The number of hydrogen-bond donors (Lipinski definition) is 1. The van der Waals surface area contributed by atoms with Gasteiger partial charge in [-0.1, -0.05) is 0 Å². The van der Waals surface area contributed by atoms with Crippen molar-refractivity contribution in [2.75, 3.05) is 18.1 Å². The van der Waals surface area contributed by atoms with Crippen LogP contribution in [0.2, 0.25) is 0 Å². The van der Waals surface area contributed by atoms with Crippen LogP contribution in [0.15, 0.2) is 35.2 Å². The number of hydrogen-bond acceptors (Lipinski definition) is 8. The molecule has 4 aromatic rings. The Morgan fingerprint density at radius 1 is 1.25 bits per heavy atom. The molecule has 0 fully saturated rings. The number of aromatic nitrogens is 5. The smallest absolute Gasteiger partial charge is 0.337 e. The van der Waals surface area contributed by atoms with E-state index in [0.717, 1.165) is 17.9 Å². The van der Waals surface area contributed by atoms with E-state index in [1.807, 2.05) is 10.6 Å². The van der Waals surface area contributed by atoms with Crippen LogP contribution < -0.4 is 9.64 Å². The molecule has 5 rings (SSSR count). The maximum Gasteiger partial charge on any atom is 0.337 e. The molecule has 10 heteroatoms. The Labute approximate surface area is 183 Å². The van der Waals surface area contributed by atoms with Crippen LogP contribution in [0.1, 0.15) is 35.8 Å². The summed E-state index contributed by atoms with van der Waals surface area (Å²) in [5.74, 6) is 1.59. The molecule has 4 aromatic heterocycles. The zero-order chi connectivity index (χ0) is 22.4. The van der Waals surface area contributed by atoms with Crippen LogP contribution in [-0.2, 0) is 6.54 Å². The summed E-state index contributed by atoms with van der Waals surface area (Å²) in [6.45, 7) is 7.73. The number of imidazole rings is 1. The Hall–Kier alpha value is -3.95. The van der Waals surface area contributed by atoms with Crippen LogP contribution in [-0.4, -0.2) is 54.8 Å². The molecule has 1 atom stereocenters. The van der Waals surface area contributed by atoms with Gasteiger partial charge in [-0.25, -0.2) is 24.7 Å². The molecule has 0 saturated carbocycles. The van der Waals surface area contributed by atoms with Crippen LogP contribution in [0, 0.1) is 6.92 Å². The first-order valence-electron chi connectivity index (χ1n) is 10.3. The highest BCUT2D eigenvalue weighted by Gasteiger charge is 2.26. The van der Waals surface area contributed by atoms with E-state index in [9.17, 15) is 9.90 Å². The number of rotatable bonds is 5. The summed E-state index contributed by atoms with van der Waals surface area (Å²) < 4.78 is 13.2. The predicted molar refractivity (Wildman–Crippen MR) is 116 cm³/mol. The molecule has 1 N–H and O–H groups in total. The maximum atomic E-state index is 11.4. The molecule has 10 nitrogen and oxygen atoms in total. The first-order chi connectivity index (χ1) is 15.4. The average molecular weight is 434 g/mol. The minimum Gasteiger partial charge on any atom is -0.488 e. The molecule has 0 saturated heterocycles. The number of aryl methyl sites for hydroxylation is 1. The first-order valence-corrected chi connectivity index (χ1v) is 10.3. The monoisotopic (exact) mass is 434 g/mol. The van der Waals surface area contributed by atoms with Crippen LogP contribution in [0.4, 0.5) is 5.82 Å². The van der Waals surface area contributed by atoms with Gasteiger partial charge in [0.2, 0.25) is 0 Å². The van der Waals surface area contributed by atoms with Crippen molar-refractivity contribution in [3.05, 3.63) is 47.9 Å². The minimum atomic E-state index is -1.06. The lowest BCUT2D eigenvalue weighted by Crippen LogP contribution is -2.41. The lowest BCUT2D eigenvalue weighted by molar-refractivity contribution is 0.0696. The van der Waals surface area contributed by atoms with Crippen LogP contribution in [0.25, 0.3) is 22.6 Å². The van der Waals surface area contributed by atoms with E-state index < -0.39 is 5.97 Å². The summed E-state index contributed by atoms with van der Waals surface area (Å²) in [6, 6.07) is 3.67. The fourth-order valence-electron chi connectivity index (χ4n) is 3.99. The fraction of sp³-hybridized carbons (Fsp3) is 0.318. The highest BCUT2D eigenvalue weighted by atomic mass is 16.5. The second-order valence-corrected chi connectivity index (χ2v) is 7.74. The number of anilines is 1. The van der Waals surface area contributed by atoms with Gasteiger partial charge in [-0.3, -0.25) is 0 Å². The Morgan fingerprint density at radius 3 is 2.81 bits per heavy atom. The molecule has 1 unspecified atom stereocenters. The quantitative estimate of drug-likeness (QED) is 0.505. The van der Waals surface area contributed by atoms with Gasteiger partial charge in [0.05, 0.1) is 23.8 Å². The number of nitrogens with zero attached hydrogens (tertiary/aromatic N) is 6. The predicted octanol–water partition coefficient (Wildman–Crippen LogP) is 3.14. The van der Waals surface area contributed by atoms with E-state index in [4.69, 9.17) is 14.1 Å². The topological polar surface area (TPSA) is 119 Å². The Morgan fingerprint density at radius 2 is 2.09 bits per heavy atom. The number of carboxylic acids is 1. The standard InChI is InChI=1S/C22H22N6O4/c1-4-27-12(2)10-32-18-6-14(7-24-21(18)27)19-26-17-5-15(22(29)30)8-23-20(17)28(19)9-16-11-31-13(3)25-16/h5-8,11-12H,4,9-10H2,1-3H3,(H,29,30). The summed E-state index contributed by atoms with van der Waals surface area (Å²) in [5, 5.41) is 9.35. The Kier molecular flexibility index (Phi) is 4.76. The van der Waals surface area contributed by atoms with Crippen molar-refractivity contribution in [1.29, 1.82) is 0 Å². The third-order valence-electron chi connectivity index (χ3n) is 5.53. The summed E-state index contributed by atoms with van der Waals surface area (Å²) in [4.78, 5) is 31.7. The zero-order valence-corrected chi connectivity index (χ0v) is 17.9. The van der Waals surface area contributed by atoms with E-state index in [1.165, 1.54) is 12.3 Å². The second kappa shape index (κ2) is 7.63. The Balaban J connectivity index is 1.65. The van der Waals surface area contributed by atoms with E-state index in [1.54, 1.807) is 19.4 Å². The van der Waals surface area contributed by atoms with E-state index in [2.05, 4.69) is 33.7 Å². The van der Waals surface area contributed by atoms with Gasteiger partial charge < -0.3 is 23.7 Å². The van der Waals surface area contributed by atoms with Crippen LogP contribution in [0.5, 0.6) is 5.75 Å². The van der Waals surface area contributed by atoms with Crippen molar-refractivity contribution in [3.63, 3.8) is 0 Å². The van der Waals surface area contributed by atoms with E-state index >= 15 is 0 Å². The van der Waals surface area contributed by atoms with Crippen molar-refractivity contribution < 1.29 is 19.1 Å². The molecule has 32 heavy (non-hydrogen) atoms. The summed E-state index contributed by atoms with van der Waals surface area (Å²) in [5.41, 5.74) is 2.55. The van der Waals surface area contributed by atoms with Gasteiger partial charge in [-0.05, 0) is 26.0 Å². The molecular formula is C22H22N6O4. The molecule has 0 spiro atoms. The highest BCUT2D eigenvalue weighted by molar-refractivity contribution is 5.91. The van der Waals surface area contributed by atoms with Gasteiger partial charge in [0.25, 0.3) is 0 Å². The van der Waals surface area contributed by atoms with Crippen molar-refractivity contribution in [1.82, 2.24) is 24.5 Å². The maximum absolute atomic E-state index is 11.4. The average Bonchev–Trinajstić information content (AvgIpc) is 3.36. The molecule has 0 radical (unpaired) electrons. The molecule has 0 aromatic carbocycles. The lowest BCUT2D eigenvalue weighted by atomic mass is 10.2. The largest absolute Gasteiger partial charge is 0.488 e. The molecule has 164 valence electrons. The van der Waals surface area contributed by atoms with Gasteiger partial charge in [0.15, 0.2) is 23.1 Å².